The Labute approximate surface area is 96.6 Å². The van der Waals surface area contributed by atoms with Crippen molar-refractivity contribution in [3.05, 3.63) is 28.8 Å². The number of carbonyl (C=O) groups excluding carboxylic acids is 1. The number of rotatable bonds is 2. The van der Waals surface area contributed by atoms with Crippen LogP contribution in [0.1, 0.15) is 42.3 Å². The molecular formula is C13H19NO2. The van der Waals surface area contributed by atoms with Gasteiger partial charge in [-0.25, -0.2) is 0 Å². The predicted molar refractivity (Wildman–Crippen MR) is 64.9 cm³/mol. The minimum Gasteiger partial charge on any atom is -0.496 e. The van der Waals surface area contributed by atoms with Crippen LogP contribution in [0, 0.1) is 6.92 Å². The minimum atomic E-state index is -0.453. The molecular weight excluding hydrogens is 202 g/mol. The molecule has 1 aromatic rings. The van der Waals surface area contributed by atoms with E-state index in [-0.39, 0.29) is 5.41 Å². The van der Waals surface area contributed by atoms with Crippen molar-refractivity contribution >= 4 is 5.91 Å². The lowest BCUT2D eigenvalue weighted by molar-refractivity contribution is 0.0997. The molecule has 0 aromatic heterocycles. The summed E-state index contributed by atoms with van der Waals surface area (Å²) in [4.78, 5) is 11.4. The third-order valence-electron chi connectivity index (χ3n) is 2.51. The Morgan fingerprint density at radius 1 is 1.31 bits per heavy atom. The molecule has 0 saturated carbocycles. The van der Waals surface area contributed by atoms with Gasteiger partial charge in [-0.2, -0.15) is 0 Å². The molecule has 3 heteroatoms. The zero-order valence-electron chi connectivity index (χ0n) is 10.5. The van der Waals surface area contributed by atoms with Crippen molar-refractivity contribution in [3.63, 3.8) is 0 Å². The fourth-order valence-electron chi connectivity index (χ4n) is 1.73. The molecule has 16 heavy (non-hydrogen) atoms. The number of hydrogen-bond donors (Lipinski definition) is 1. The number of methoxy groups -OCH3 is 1. The van der Waals surface area contributed by atoms with Crippen molar-refractivity contribution in [3.8, 4) is 5.75 Å². The van der Waals surface area contributed by atoms with E-state index in [0.717, 1.165) is 11.1 Å². The van der Waals surface area contributed by atoms with Crippen LogP contribution in [0.4, 0.5) is 0 Å². The highest BCUT2D eigenvalue weighted by Crippen LogP contribution is 2.34. The summed E-state index contributed by atoms with van der Waals surface area (Å²) in [6.45, 7) is 8.18. The first-order valence-electron chi connectivity index (χ1n) is 5.26. The summed E-state index contributed by atoms with van der Waals surface area (Å²) < 4.78 is 5.32. The van der Waals surface area contributed by atoms with E-state index < -0.39 is 5.91 Å². The topological polar surface area (TPSA) is 52.3 Å². The Bertz CT molecular complexity index is 417. The van der Waals surface area contributed by atoms with Crippen LogP contribution in [0.3, 0.4) is 0 Å². The smallest absolute Gasteiger partial charge is 0.252 e. The van der Waals surface area contributed by atoms with E-state index in [4.69, 9.17) is 10.5 Å². The summed E-state index contributed by atoms with van der Waals surface area (Å²) in [5, 5.41) is 0. The maximum absolute atomic E-state index is 11.4. The lowest BCUT2D eigenvalue weighted by Gasteiger charge is -2.24. The molecule has 0 aliphatic rings. The Balaban J connectivity index is 3.55. The first kappa shape index (κ1) is 12.6. The number of aryl methyl sites for hydroxylation is 1. The fraction of sp³-hybridized carbons (Fsp3) is 0.462. The van der Waals surface area contributed by atoms with Gasteiger partial charge in [0.25, 0.3) is 5.91 Å². The summed E-state index contributed by atoms with van der Waals surface area (Å²) in [7, 11) is 1.56. The molecule has 88 valence electrons. The highest BCUT2D eigenvalue weighted by molar-refractivity contribution is 5.96. The lowest BCUT2D eigenvalue weighted by Crippen LogP contribution is -2.18. The van der Waals surface area contributed by atoms with E-state index in [2.05, 4.69) is 20.8 Å². The number of hydrogen-bond acceptors (Lipinski definition) is 2. The molecule has 0 radical (unpaired) electrons. The maximum Gasteiger partial charge on any atom is 0.252 e. The van der Waals surface area contributed by atoms with E-state index in [9.17, 15) is 4.79 Å². The SMILES string of the molecule is COc1c(C(N)=O)cc(C)cc1C(C)(C)C. The van der Waals surface area contributed by atoms with E-state index in [0.29, 0.717) is 11.3 Å². The quantitative estimate of drug-likeness (QED) is 0.833. The summed E-state index contributed by atoms with van der Waals surface area (Å²) in [5.41, 5.74) is 7.74. The largest absolute Gasteiger partial charge is 0.496 e. The number of primary amides is 1. The van der Waals surface area contributed by atoms with Gasteiger partial charge in [0, 0.05) is 5.56 Å². The number of nitrogens with two attached hydrogens (primary N) is 1. The van der Waals surface area contributed by atoms with Crippen molar-refractivity contribution in [2.45, 2.75) is 33.1 Å². The van der Waals surface area contributed by atoms with Gasteiger partial charge < -0.3 is 10.5 Å². The predicted octanol–water partition coefficient (Wildman–Crippen LogP) is 2.40. The molecule has 0 heterocycles. The van der Waals surface area contributed by atoms with Crippen LogP contribution in [0.2, 0.25) is 0 Å². The van der Waals surface area contributed by atoms with Crippen LogP contribution < -0.4 is 10.5 Å². The van der Waals surface area contributed by atoms with Gasteiger partial charge in [-0.3, -0.25) is 4.79 Å². The molecule has 0 spiro atoms. The average molecular weight is 221 g/mol. The van der Waals surface area contributed by atoms with Gasteiger partial charge in [0.2, 0.25) is 0 Å². The summed E-state index contributed by atoms with van der Waals surface area (Å²) in [5.74, 6) is 0.136. The monoisotopic (exact) mass is 221 g/mol. The molecule has 2 N–H and O–H groups in total. The van der Waals surface area contributed by atoms with Crippen LogP contribution in [0.5, 0.6) is 5.75 Å². The van der Waals surface area contributed by atoms with E-state index >= 15 is 0 Å². The van der Waals surface area contributed by atoms with Gasteiger partial charge in [0.1, 0.15) is 5.75 Å². The zero-order chi connectivity index (χ0) is 12.5. The van der Waals surface area contributed by atoms with Gasteiger partial charge >= 0.3 is 0 Å². The maximum atomic E-state index is 11.4. The van der Waals surface area contributed by atoms with Crippen LogP contribution in [-0.4, -0.2) is 13.0 Å². The summed E-state index contributed by atoms with van der Waals surface area (Å²) in [6, 6.07) is 3.79. The second-order valence-electron chi connectivity index (χ2n) is 5.01. The van der Waals surface area contributed by atoms with Crippen molar-refractivity contribution in [2.75, 3.05) is 7.11 Å². The molecule has 1 aromatic carbocycles. The van der Waals surface area contributed by atoms with E-state index in [1.807, 2.05) is 13.0 Å². The van der Waals surface area contributed by atoms with Crippen molar-refractivity contribution in [1.82, 2.24) is 0 Å². The molecule has 0 aliphatic heterocycles. The zero-order valence-corrected chi connectivity index (χ0v) is 10.5. The van der Waals surface area contributed by atoms with E-state index in [1.165, 1.54) is 0 Å². The standard InChI is InChI=1S/C13H19NO2/c1-8-6-9(12(14)15)11(16-5)10(7-8)13(2,3)4/h6-7H,1-5H3,(H2,14,15). The molecule has 0 bridgehead atoms. The highest BCUT2D eigenvalue weighted by atomic mass is 16.5. The Kier molecular flexibility index (Phi) is 3.27. The summed E-state index contributed by atoms with van der Waals surface area (Å²) in [6.07, 6.45) is 0. The normalized spacial score (nSPS) is 11.3. The van der Waals surface area contributed by atoms with Crippen LogP contribution in [0.15, 0.2) is 12.1 Å². The third kappa shape index (κ3) is 2.35. The Hall–Kier alpha value is -1.51. The second-order valence-corrected chi connectivity index (χ2v) is 5.01. The van der Waals surface area contributed by atoms with Crippen LogP contribution >= 0.6 is 0 Å². The van der Waals surface area contributed by atoms with Crippen LogP contribution in [0.25, 0.3) is 0 Å². The number of carbonyl (C=O) groups is 1. The van der Waals surface area contributed by atoms with Gasteiger partial charge in [-0.05, 0) is 24.0 Å². The summed E-state index contributed by atoms with van der Waals surface area (Å²) >= 11 is 0. The third-order valence-corrected chi connectivity index (χ3v) is 2.51. The molecule has 0 fully saturated rings. The fourth-order valence-corrected chi connectivity index (χ4v) is 1.73. The first-order valence-corrected chi connectivity index (χ1v) is 5.26. The molecule has 1 amide bonds. The molecule has 0 saturated heterocycles. The number of benzene rings is 1. The first-order chi connectivity index (χ1) is 7.27. The molecule has 1 rings (SSSR count). The van der Waals surface area contributed by atoms with Gasteiger partial charge in [-0.15, -0.1) is 0 Å². The Morgan fingerprint density at radius 2 is 1.88 bits per heavy atom. The van der Waals surface area contributed by atoms with E-state index in [1.54, 1.807) is 13.2 Å². The van der Waals surface area contributed by atoms with Gasteiger partial charge in [-0.1, -0.05) is 26.8 Å². The van der Waals surface area contributed by atoms with Crippen molar-refractivity contribution in [1.29, 1.82) is 0 Å². The molecule has 3 nitrogen and oxygen atoms in total. The highest BCUT2D eigenvalue weighted by Gasteiger charge is 2.23. The molecule has 0 aliphatic carbocycles. The van der Waals surface area contributed by atoms with Crippen molar-refractivity contribution in [2.24, 2.45) is 5.73 Å². The second kappa shape index (κ2) is 4.16. The minimum absolute atomic E-state index is 0.0818. The lowest BCUT2D eigenvalue weighted by atomic mass is 9.84. The molecule has 0 atom stereocenters. The molecule has 0 unspecified atom stereocenters. The van der Waals surface area contributed by atoms with Gasteiger partial charge in [0.15, 0.2) is 0 Å². The Morgan fingerprint density at radius 3 is 2.25 bits per heavy atom. The van der Waals surface area contributed by atoms with Gasteiger partial charge in [0.05, 0.1) is 12.7 Å². The van der Waals surface area contributed by atoms with Crippen molar-refractivity contribution < 1.29 is 9.53 Å². The van der Waals surface area contributed by atoms with Crippen LogP contribution in [-0.2, 0) is 5.41 Å². The number of amides is 1. The number of ether oxygens (including phenoxy) is 1. The average Bonchev–Trinajstić information content (AvgIpc) is 2.14.